The van der Waals surface area contributed by atoms with Gasteiger partial charge in [0.15, 0.2) is 11.4 Å². The third-order valence-corrected chi connectivity index (χ3v) is 5.32. The first kappa shape index (κ1) is 21.7. The summed E-state index contributed by atoms with van der Waals surface area (Å²) in [5.41, 5.74) is 3.25. The van der Waals surface area contributed by atoms with E-state index < -0.39 is 23.6 Å². The predicted octanol–water partition coefficient (Wildman–Crippen LogP) is 5.43. The number of fused-ring (bicyclic) bond motifs is 1. The maximum absolute atomic E-state index is 13.0. The summed E-state index contributed by atoms with van der Waals surface area (Å²) >= 11 is 0. The van der Waals surface area contributed by atoms with Crippen LogP contribution in [0, 0.1) is 6.92 Å². The molecule has 0 radical (unpaired) electrons. The smallest absolute Gasteiger partial charge is 0.387 e. The molecule has 0 saturated heterocycles. The molecule has 0 bridgehead atoms. The summed E-state index contributed by atoms with van der Waals surface area (Å²) in [7, 11) is 0. The van der Waals surface area contributed by atoms with Gasteiger partial charge in [-0.25, -0.2) is 4.98 Å². The molecule has 2 aromatic carbocycles. The maximum atomic E-state index is 13.0. The van der Waals surface area contributed by atoms with E-state index >= 15 is 0 Å². The van der Waals surface area contributed by atoms with E-state index in [4.69, 9.17) is 0 Å². The lowest BCUT2D eigenvalue weighted by atomic mass is 9.96. The van der Waals surface area contributed by atoms with Crippen molar-refractivity contribution in [2.75, 3.05) is 0 Å². The molecule has 0 unspecified atom stereocenters. The normalized spacial score (nSPS) is 12.8. The van der Waals surface area contributed by atoms with Crippen molar-refractivity contribution in [2.45, 2.75) is 32.5 Å². The number of carbonyl (C=O) groups excluding carboxylic acids is 1. The minimum absolute atomic E-state index is 0.0173. The zero-order chi connectivity index (χ0) is 23.0. The Labute approximate surface area is 181 Å². The van der Waals surface area contributed by atoms with Crippen LogP contribution in [0.15, 0.2) is 54.6 Å². The van der Waals surface area contributed by atoms with Crippen LogP contribution in [0.5, 0.6) is 0 Å². The van der Waals surface area contributed by atoms with Crippen LogP contribution in [0.2, 0.25) is 0 Å². The van der Waals surface area contributed by atoms with Crippen LogP contribution >= 0.6 is 0 Å². The van der Waals surface area contributed by atoms with Gasteiger partial charge < -0.3 is 5.11 Å². The monoisotopic (exact) mass is 439 g/mol. The lowest BCUT2D eigenvalue weighted by molar-refractivity contribution is -0.137. The number of ketones is 1. The molecule has 0 amide bonds. The van der Waals surface area contributed by atoms with E-state index in [9.17, 15) is 23.1 Å². The number of benzene rings is 2. The first-order chi connectivity index (χ1) is 15.1. The third-order valence-electron chi connectivity index (χ3n) is 5.32. The molecule has 0 saturated carbocycles. The van der Waals surface area contributed by atoms with Crippen molar-refractivity contribution in [3.8, 4) is 11.3 Å². The topological polar surface area (TPSA) is 78.9 Å². The number of nitrogens with zero attached hydrogens (tertiary/aromatic N) is 2. The quantitative estimate of drug-likeness (QED) is 0.407. The van der Waals surface area contributed by atoms with Crippen molar-refractivity contribution in [3.05, 3.63) is 82.5 Å². The highest BCUT2D eigenvalue weighted by atomic mass is 19.4. The number of alkyl halides is 3. The molecular weight excluding hydrogens is 419 g/mol. The summed E-state index contributed by atoms with van der Waals surface area (Å²) in [6.07, 6.45) is -5.25. The van der Waals surface area contributed by atoms with E-state index in [1.807, 2.05) is 31.2 Å². The van der Waals surface area contributed by atoms with Crippen LogP contribution in [0.25, 0.3) is 22.3 Å². The lowest BCUT2D eigenvalue weighted by Crippen LogP contribution is -2.09. The largest absolute Gasteiger partial charge is 0.416 e. The van der Waals surface area contributed by atoms with Gasteiger partial charge >= 0.3 is 6.18 Å². The highest BCUT2D eigenvalue weighted by molar-refractivity contribution is 5.97. The second-order valence-corrected chi connectivity index (χ2v) is 7.71. The number of hydrogen-bond donors (Lipinski definition) is 2. The van der Waals surface area contributed by atoms with Crippen molar-refractivity contribution in [1.82, 2.24) is 15.2 Å². The molecule has 5 nitrogen and oxygen atoms in total. The van der Waals surface area contributed by atoms with E-state index in [0.717, 1.165) is 28.6 Å². The second kappa shape index (κ2) is 8.20. The number of rotatable bonds is 5. The van der Waals surface area contributed by atoms with Gasteiger partial charge in [0.05, 0.1) is 23.1 Å². The number of aliphatic hydroxyl groups is 1. The Bertz CT molecular complexity index is 1310. The zero-order valence-corrected chi connectivity index (χ0v) is 17.4. The fraction of sp³-hybridized carbons (Fsp3) is 0.208. The van der Waals surface area contributed by atoms with Gasteiger partial charge in [0, 0.05) is 22.9 Å². The second-order valence-electron chi connectivity index (χ2n) is 7.71. The van der Waals surface area contributed by atoms with E-state index in [2.05, 4.69) is 15.2 Å². The molecule has 8 heteroatoms. The predicted molar refractivity (Wildman–Crippen MR) is 114 cm³/mol. The molecule has 2 heterocycles. The number of aryl methyl sites for hydroxylation is 1. The molecule has 0 spiro atoms. The van der Waals surface area contributed by atoms with Crippen LogP contribution in [-0.2, 0) is 12.6 Å². The number of aliphatic hydroxyl groups excluding tert-OH is 1. The standard InChI is InChI=1S/C24H20F3N3O2/c1-13-6-7-15(11-21(32)16-4-3-5-17(12-16)24(25,26)27)10-19(13)20-9-8-18-22(14(2)31)29-30-23(18)28-20/h3-10,12,14,31H,11H2,1-2H3,(H,28,29,30)/t14-/m0/s1. The van der Waals surface area contributed by atoms with Crippen molar-refractivity contribution >= 4 is 16.8 Å². The minimum atomic E-state index is -4.50. The van der Waals surface area contributed by atoms with E-state index in [1.165, 1.54) is 12.1 Å². The average Bonchev–Trinajstić information content (AvgIpc) is 3.18. The first-order valence-corrected chi connectivity index (χ1v) is 9.97. The Morgan fingerprint density at radius 3 is 2.62 bits per heavy atom. The molecule has 0 aliphatic carbocycles. The zero-order valence-electron chi connectivity index (χ0n) is 17.4. The maximum Gasteiger partial charge on any atom is 0.416 e. The highest BCUT2D eigenvalue weighted by Crippen LogP contribution is 2.30. The number of Topliss-reactive ketones (excluding diaryl/α,β-unsaturated/α-hetero) is 1. The Hall–Kier alpha value is -3.52. The van der Waals surface area contributed by atoms with Gasteiger partial charge in [0.1, 0.15) is 0 Å². The molecule has 0 aliphatic heterocycles. The van der Waals surface area contributed by atoms with Crippen LogP contribution in [0.1, 0.15) is 45.8 Å². The molecule has 4 rings (SSSR count). The fourth-order valence-electron chi connectivity index (χ4n) is 3.60. The van der Waals surface area contributed by atoms with E-state index in [0.29, 0.717) is 22.6 Å². The minimum Gasteiger partial charge on any atom is -0.387 e. The first-order valence-electron chi connectivity index (χ1n) is 9.97. The lowest BCUT2D eigenvalue weighted by Gasteiger charge is -2.10. The molecule has 32 heavy (non-hydrogen) atoms. The number of H-pyrrole nitrogens is 1. The van der Waals surface area contributed by atoms with Gasteiger partial charge in [-0.15, -0.1) is 0 Å². The van der Waals surface area contributed by atoms with Crippen LogP contribution in [0.3, 0.4) is 0 Å². The number of aromatic amines is 1. The fourth-order valence-corrected chi connectivity index (χ4v) is 3.60. The summed E-state index contributed by atoms with van der Waals surface area (Å²) in [5.74, 6) is -0.400. The molecule has 2 aromatic heterocycles. The molecule has 0 fully saturated rings. The van der Waals surface area contributed by atoms with Gasteiger partial charge in [-0.05, 0) is 55.3 Å². The Kier molecular flexibility index (Phi) is 5.56. The molecule has 2 N–H and O–H groups in total. The number of halogens is 3. The van der Waals surface area contributed by atoms with Gasteiger partial charge in [-0.2, -0.15) is 18.3 Å². The Morgan fingerprint density at radius 1 is 1.12 bits per heavy atom. The number of nitrogens with one attached hydrogen (secondary N) is 1. The highest BCUT2D eigenvalue weighted by Gasteiger charge is 2.30. The summed E-state index contributed by atoms with van der Waals surface area (Å²) in [6, 6.07) is 13.5. The number of hydrogen-bond acceptors (Lipinski definition) is 4. The van der Waals surface area contributed by atoms with E-state index in [1.54, 1.807) is 13.0 Å². The summed E-state index contributed by atoms with van der Waals surface area (Å²) in [6.45, 7) is 3.54. The third kappa shape index (κ3) is 4.27. The Morgan fingerprint density at radius 2 is 1.91 bits per heavy atom. The van der Waals surface area contributed by atoms with Crippen LogP contribution < -0.4 is 0 Å². The summed E-state index contributed by atoms with van der Waals surface area (Å²) < 4.78 is 38.9. The van der Waals surface area contributed by atoms with E-state index in [-0.39, 0.29) is 12.0 Å². The van der Waals surface area contributed by atoms with Gasteiger partial charge in [-0.3, -0.25) is 9.89 Å². The van der Waals surface area contributed by atoms with Crippen LogP contribution in [0.4, 0.5) is 13.2 Å². The SMILES string of the molecule is Cc1ccc(CC(=O)c2cccc(C(F)(F)F)c2)cc1-c1ccc2c([C@H](C)O)[nH]nc2n1. The number of pyridine rings is 1. The van der Waals surface area contributed by atoms with Gasteiger partial charge in [0.25, 0.3) is 0 Å². The number of carbonyl (C=O) groups is 1. The van der Waals surface area contributed by atoms with Crippen molar-refractivity contribution < 1.29 is 23.1 Å². The molecular formula is C24H20F3N3O2. The van der Waals surface area contributed by atoms with Gasteiger partial charge in [0.2, 0.25) is 0 Å². The van der Waals surface area contributed by atoms with Crippen molar-refractivity contribution in [1.29, 1.82) is 0 Å². The summed E-state index contributed by atoms with van der Waals surface area (Å²) in [5, 5.41) is 17.5. The van der Waals surface area contributed by atoms with Crippen molar-refractivity contribution in [2.24, 2.45) is 0 Å². The van der Waals surface area contributed by atoms with Gasteiger partial charge in [-0.1, -0.05) is 24.3 Å². The Balaban J connectivity index is 1.63. The number of aromatic nitrogens is 3. The van der Waals surface area contributed by atoms with Crippen LogP contribution in [-0.4, -0.2) is 26.1 Å². The average molecular weight is 439 g/mol. The molecule has 0 aliphatic rings. The molecule has 1 atom stereocenters. The molecule has 164 valence electrons. The van der Waals surface area contributed by atoms with Crippen molar-refractivity contribution in [3.63, 3.8) is 0 Å². The summed E-state index contributed by atoms with van der Waals surface area (Å²) in [4.78, 5) is 17.2. The molecule has 4 aromatic rings.